The fourth-order valence-corrected chi connectivity index (χ4v) is 3.74. The number of ether oxygens (including phenoxy) is 1. The molecule has 1 fully saturated rings. The van der Waals surface area contributed by atoms with Crippen LogP contribution in [0.1, 0.15) is 49.8 Å². The molecule has 3 rings (SSSR count). The van der Waals surface area contributed by atoms with Gasteiger partial charge in [-0.25, -0.2) is 0 Å². The van der Waals surface area contributed by atoms with E-state index in [0.29, 0.717) is 0 Å². The number of likely N-dealkylation sites (N-methyl/N-ethyl adjacent to an activating group) is 1. The number of rotatable bonds is 5. The van der Waals surface area contributed by atoms with Crippen LogP contribution in [0.5, 0.6) is 5.75 Å². The highest BCUT2D eigenvalue weighted by molar-refractivity contribution is 5.44. The van der Waals surface area contributed by atoms with Gasteiger partial charge in [0.15, 0.2) is 0 Å². The van der Waals surface area contributed by atoms with Gasteiger partial charge in [-0.05, 0) is 63.0 Å². The summed E-state index contributed by atoms with van der Waals surface area (Å²) < 4.78 is 5.97. The third-order valence-electron chi connectivity index (χ3n) is 5.06. The molecule has 0 aliphatic carbocycles. The molecule has 1 aromatic rings. The summed E-state index contributed by atoms with van der Waals surface area (Å²) in [7, 11) is 0. The van der Waals surface area contributed by atoms with E-state index in [1.807, 2.05) is 0 Å². The Morgan fingerprint density at radius 1 is 0.955 bits per heavy atom. The normalized spacial score (nSPS) is 19.9. The van der Waals surface area contributed by atoms with Crippen LogP contribution in [0.3, 0.4) is 0 Å². The third kappa shape index (κ3) is 3.64. The van der Waals surface area contributed by atoms with Gasteiger partial charge in [0.05, 0.1) is 6.61 Å². The zero-order valence-electron chi connectivity index (χ0n) is 14.2. The molecule has 1 aromatic carbocycles. The molecular weight excluding hydrogens is 272 g/mol. The molecule has 0 saturated carbocycles. The molecule has 2 aliphatic rings. The van der Waals surface area contributed by atoms with Crippen molar-refractivity contribution in [3.8, 4) is 5.75 Å². The molecule has 3 nitrogen and oxygen atoms in total. The quantitative estimate of drug-likeness (QED) is 0.828. The lowest BCUT2D eigenvalue weighted by Crippen LogP contribution is -2.31. The lowest BCUT2D eigenvalue weighted by Gasteiger charge is -2.30. The van der Waals surface area contributed by atoms with E-state index < -0.39 is 0 Å². The van der Waals surface area contributed by atoms with E-state index in [-0.39, 0.29) is 0 Å². The SMILES string of the molecule is CCOc1cc2c(cc1CN1CCCCC1)CCN(CC)C2. The number of fused-ring (bicyclic) bond motifs is 1. The zero-order valence-corrected chi connectivity index (χ0v) is 14.2. The van der Waals surface area contributed by atoms with Crippen LogP contribution >= 0.6 is 0 Å². The molecule has 0 bridgehead atoms. The monoisotopic (exact) mass is 302 g/mol. The molecule has 0 aromatic heterocycles. The molecule has 122 valence electrons. The Balaban J connectivity index is 1.81. The van der Waals surface area contributed by atoms with Crippen LogP contribution in [0.4, 0.5) is 0 Å². The van der Waals surface area contributed by atoms with Crippen molar-refractivity contribution in [2.75, 3.05) is 32.8 Å². The summed E-state index contributed by atoms with van der Waals surface area (Å²) in [4.78, 5) is 5.11. The average molecular weight is 302 g/mol. The fourth-order valence-electron chi connectivity index (χ4n) is 3.74. The highest BCUT2D eigenvalue weighted by atomic mass is 16.5. The maximum Gasteiger partial charge on any atom is 0.124 e. The van der Waals surface area contributed by atoms with Crippen molar-refractivity contribution in [2.45, 2.75) is 52.6 Å². The van der Waals surface area contributed by atoms with Crippen molar-refractivity contribution < 1.29 is 4.74 Å². The first-order valence-electron chi connectivity index (χ1n) is 9.02. The predicted molar refractivity (Wildman–Crippen MR) is 91.4 cm³/mol. The van der Waals surface area contributed by atoms with Crippen LogP contribution in [0.25, 0.3) is 0 Å². The van der Waals surface area contributed by atoms with E-state index in [9.17, 15) is 0 Å². The summed E-state index contributed by atoms with van der Waals surface area (Å²) in [5.41, 5.74) is 4.41. The molecule has 2 heterocycles. The predicted octanol–water partition coefficient (Wildman–Crippen LogP) is 3.45. The molecule has 3 heteroatoms. The number of nitrogens with zero attached hydrogens (tertiary/aromatic N) is 2. The van der Waals surface area contributed by atoms with Gasteiger partial charge < -0.3 is 4.74 Å². The lowest BCUT2D eigenvalue weighted by molar-refractivity contribution is 0.216. The maximum atomic E-state index is 5.97. The van der Waals surface area contributed by atoms with Crippen molar-refractivity contribution >= 4 is 0 Å². The van der Waals surface area contributed by atoms with E-state index in [1.165, 1.54) is 56.4 Å². The number of benzene rings is 1. The smallest absolute Gasteiger partial charge is 0.124 e. The van der Waals surface area contributed by atoms with Gasteiger partial charge in [0.1, 0.15) is 5.75 Å². The fraction of sp³-hybridized carbons (Fsp3) is 0.684. The molecule has 22 heavy (non-hydrogen) atoms. The van der Waals surface area contributed by atoms with E-state index in [1.54, 1.807) is 5.56 Å². The number of hydrogen-bond acceptors (Lipinski definition) is 3. The van der Waals surface area contributed by atoms with Crippen molar-refractivity contribution in [3.63, 3.8) is 0 Å². The van der Waals surface area contributed by atoms with Crippen LogP contribution in [-0.4, -0.2) is 42.6 Å². The number of piperidine rings is 1. The molecule has 0 spiro atoms. The van der Waals surface area contributed by atoms with Gasteiger partial charge in [-0.15, -0.1) is 0 Å². The summed E-state index contributed by atoms with van der Waals surface area (Å²) in [5, 5.41) is 0. The zero-order chi connectivity index (χ0) is 15.4. The largest absolute Gasteiger partial charge is 0.494 e. The second-order valence-corrected chi connectivity index (χ2v) is 6.62. The molecule has 1 saturated heterocycles. The lowest BCUT2D eigenvalue weighted by atomic mass is 9.96. The van der Waals surface area contributed by atoms with Crippen LogP contribution in [0, 0.1) is 0 Å². The Labute approximate surface area is 135 Å². The van der Waals surface area contributed by atoms with Crippen LogP contribution in [0.2, 0.25) is 0 Å². The molecular formula is C19H30N2O. The second-order valence-electron chi connectivity index (χ2n) is 6.62. The summed E-state index contributed by atoms with van der Waals surface area (Å²) in [6, 6.07) is 4.75. The third-order valence-corrected chi connectivity index (χ3v) is 5.06. The van der Waals surface area contributed by atoms with Crippen molar-refractivity contribution in [3.05, 3.63) is 28.8 Å². The first kappa shape index (κ1) is 15.8. The molecule has 0 unspecified atom stereocenters. The summed E-state index contributed by atoms with van der Waals surface area (Å²) in [6.07, 6.45) is 5.27. The van der Waals surface area contributed by atoms with Gasteiger partial charge in [0, 0.05) is 25.2 Å². The Hall–Kier alpha value is -1.06. The van der Waals surface area contributed by atoms with E-state index in [0.717, 1.165) is 32.0 Å². The topological polar surface area (TPSA) is 15.7 Å². The van der Waals surface area contributed by atoms with Gasteiger partial charge in [0.2, 0.25) is 0 Å². The minimum absolute atomic E-state index is 0.753. The highest BCUT2D eigenvalue weighted by Crippen LogP contribution is 2.29. The Kier molecular flexibility index (Phi) is 5.37. The van der Waals surface area contributed by atoms with E-state index >= 15 is 0 Å². The Morgan fingerprint density at radius 2 is 1.77 bits per heavy atom. The van der Waals surface area contributed by atoms with Crippen LogP contribution in [-0.2, 0) is 19.5 Å². The second kappa shape index (κ2) is 7.47. The van der Waals surface area contributed by atoms with Crippen LogP contribution < -0.4 is 4.74 Å². The van der Waals surface area contributed by atoms with Gasteiger partial charge in [0.25, 0.3) is 0 Å². The summed E-state index contributed by atoms with van der Waals surface area (Å²) >= 11 is 0. The standard InChI is InChI=1S/C19H30N2O/c1-3-20-11-8-16-12-18(15-21-9-6-5-7-10-21)19(22-4-2)13-17(16)14-20/h12-13H,3-11,14-15H2,1-2H3. The minimum Gasteiger partial charge on any atom is -0.494 e. The maximum absolute atomic E-state index is 5.97. The molecule has 0 N–H and O–H groups in total. The number of hydrogen-bond donors (Lipinski definition) is 0. The Morgan fingerprint density at radius 3 is 2.50 bits per heavy atom. The summed E-state index contributed by atoms with van der Waals surface area (Å²) in [6.45, 7) is 12.0. The molecule has 0 radical (unpaired) electrons. The average Bonchev–Trinajstić information content (AvgIpc) is 2.56. The number of likely N-dealkylation sites (tertiary alicyclic amines) is 1. The highest BCUT2D eigenvalue weighted by Gasteiger charge is 2.20. The van der Waals surface area contributed by atoms with Crippen molar-refractivity contribution in [1.29, 1.82) is 0 Å². The molecule has 2 aliphatic heterocycles. The first-order chi connectivity index (χ1) is 10.8. The minimum atomic E-state index is 0.753. The van der Waals surface area contributed by atoms with E-state index in [2.05, 4.69) is 35.8 Å². The van der Waals surface area contributed by atoms with Gasteiger partial charge in [-0.1, -0.05) is 19.4 Å². The van der Waals surface area contributed by atoms with E-state index in [4.69, 9.17) is 4.74 Å². The Bertz CT molecular complexity index is 494. The van der Waals surface area contributed by atoms with Gasteiger partial charge >= 0.3 is 0 Å². The van der Waals surface area contributed by atoms with Gasteiger partial charge in [-0.2, -0.15) is 0 Å². The molecule has 0 atom stereocenters. The van der Waals surface area contributed by atoms with Crippen LogP contribution in [0.15, 0.2) is 12.1 Å². The van der Waals surface area contributed by atoms with Crippen molar-refractivity contribution in [2.24, 2.45) is 0 Å². The van der Waals surface area contributed by atoms with Crippen molar-refractivity contribution in [1.82, 2.24) is 9.80 Å². The molecule has 0 amide bonds. The van der Waals surface area contributed by atoms with Gasteiger partial charge in [-0.3, -0.25) is 9.80 Å². The summed E-state index contributed by atoms with van der Waals surface area (Å²) in [5.74, 6) is 1.12. The first-order valence-corrected chi connectivity index (χ1v) is 9.02.